The molecule has 0 bridgehead atoms. The number of hydrogen-bond donors (Lipinski definition) is 0. The van der Waals surface area contributed by atoms with Crippen molar-refractivity contribution in [1.82, 2.24) is 9.29 Å². The van der Waals surface area contributed by atoms with Crippen molar-refractivity contribution in [1.29, 1.82) is 0 Å². The molecular weight excluding hydrogens is 360 g/mol. The zero-order chi connectivity index (χ0) is 17.3. The maximum atomic E-state index is 13.8. The molecule has 1 aliphatic rings. The van der Waals surface area contributed by atoms with Gasteiger partial charge in [0.1, 0.15) is 21.7 Å². The quantitative estimate of drug-likeness (QED) is 0.776. The Hall–Kier alpha value is -1.77. The minimum atomic E-state index is -4.00. The van der Waals surface area contributed by atoms with Crippen LogP contribution >= 0.6 is 11.6 Å². The first kappa shape index (κ1) is 17.1. The molecule has 24 heavy (non-hydrogen) atoms. The largest absolute Gasteiger partial charge is 0.369 e. The number of benzene rings is 1. The molecule has 0 atom stereocenters. The van der Waals surface area contributed by atoms with Crippen LogP contribution in [0, 0.1) is 11.6 Å². The number of aromatic nitrogens is 1. The Morgan fingerprint density at radius 1 is 1.04 bits per heavy atom. The molecule has 1 aromatic carbocycles. The Kier molecular flexibility index (Phi) is 4.71. The lowest BCUT2D eigenvalue weighted by Gasteiger charge is -2.35. The van der Waals surface area contributed by atoms with E-state index in [2.05, 4.69) is 4.98 Å². The van der Waals surface area contributed by atoms with Crippen LogP contribution in [0.5, 0.6) is 0 Å². The summed E-state index contributed by atoms with van der Waals surface area (Å²) in [6, 6.07) is 5.95. The molecule has 0 saturated carbocycles. The minimum absolute atomic E-state index is 0.194. The Balaban J connectivity index is 1.76. The molecule has 0 radical (unpaired) electrons. The molecule has 1 saturated heterocycles. The number of halogens is 3. The summed E-state index contributed by atoms with van der Waals surface area (Å²) in [5, 5.41) is 0.357. The van der Waals surface area contributed by atoms with Gasteiger partial charge in [0.25, 0.3) is 0 Å². The van der Waals surface area contributed by atoms with Crippen molar-refractivity contribution >= 4 is 27.3 Å². The van der Waals surface area contributed by atoms with E-state index in [0.717, 1.165) is 17.8 Å². The van der Waals surface area contributed by atoms with Crippen molar-refractivity contribution in [2.45, 2.75) is 4.90 Å². The van der Waals surface area contributed by atoms with E-state index in [9.17, 15) is 17.2 Å². The van der Waals surface area contributed by atoms with E-state index >= 15 is 0 Å². The first-order chi connectivity index (χ1) is 11.4. The summed E-state index contributed by atoms with van der Waals surface area (Å²) < 4.78 is 53.0. The normalized spacial score (nSPS) is 16.4. The molecule has 2 heterocycles. The standard InChI is InChI=1S/C15H14ClF2N3O2S/c16-15-10-12(3-4-19-15)20-5-7-21(8-6-20)24(22,23)14-2-1-11(17)9-13(14)18/h1-4,9-10H,5-8H2. The SMILES string of the molecule is O=S(=O)(c1ccc(F)cc1F)N1CCN(c2ccnc(Cl)c2)CC1. The Morgan fingerprint density at radius 3 is 2.38 bits per heavy atom. The predicted molar refractivity (Wildman–Crippen MR) is 86.6 cm³/mol. The van der Waals surface area contributed by atoms with E-state index in [-0.39, 0.29) is 13.1 Å². The van der Waals surface area contributed by atoms with Gasteiger partial charge in [-0.25, -0.2) is 22.2 Å². The van der Waals surface area contributed by atoms with Crippen LogP contribution < -0.4 is 4.90 Å². The van der Waals surface area contributed by atoms with E-state index < -0.39 is 26.6 Å². The third-order valence-corrected chi connectivity index (χ3v) is 5.96. The number of anilines is 1. The molecule has 3 rings (SSSR count). The maximum Gasteiger partial charge on any atom is 0.246 e. The molecule has 128 valence electrons. The van der Waals surface area contributed by atoms with Gasteiger partial charge in [0.05, 0.1) is 0 Å². The fourth-order valence-corrected chi connectivity index (χ4v) is 4.23. The lowest BCUT2D eigenvalue weighted by atomic mass is 10.3. The van der Waals surface area contributed by atoms with Crippen molar-refractivity contribution in [2.24, 2.45) is 0 Å². The molecular formula is C15H14ClF2N3O2S. The second-order valence-electron chi connectivity index (χ2n) is 5.30. The minimum Gasteiger partial charge on any atom is -0.369 e. The van der Waals surface area contributed by atoms with Crippen LogP contribution in [-0.2, 0) is 10.0 Å². The van der Waals surface area contributed by atoms with Crippen LogP contribution in [-0.4, -0.2) is 43.9 Å². The molecule has 5 nitrogen and oxygen atoms in total. The highest BCUT2D eigenvalue weighted by atomic mass is 35.5. The second-order valence-corrected chi connectivity index (χ2v) is 7.60. The number of nitrogens with zero attached hydrogens (tertiary/aromatic N) is 3. The molecule has 2 aromatic rings. The first-order valence-corrected chi connectivity index (χ1v) is 9.01. The fourth-order valence-electron chi connectivity index (χ4n) is 2.60. The maximum absolute atomic E-state index is 13.8. The van der Waals surface area contributed by atoms with Gasteiger partial charge in [0, 0.05) is 44.1 Å². The summed E-state index contributed by atoms with van der Waals surface area (Å²) in [6.45, 7) is 1.25. The van der Waals surface area contributed by atoms with Crippen molar-refractivity contribution in [2.75, 3.05) is 31.1 Å². The highest BCUT2D eigenvalue weighted by Gasteiger charge is 2.30. The molecule has 0 N–H and O–H groups in total. The molecule has 1 fully saturated rings. The zero-order valence-electron chi connectivity index (χ0n) is 12.5. The van der Waals surface area contributed by atoms with Crippen LogP contribution in [0.3, 0.4) is 0 Å². The first-order valence-electron chi connectivity index (χ1n) is 7.19. The number of pyridine rings is 1. The summed E-state index contributed by atoms with van der Waals surface area (Å²) in [7, 11) is -4.00. The molecule has 0 aliphatic carbocycles. The number of piperazine rings is 1. The van der Waals surface area contributed by atoms with E-state index in [4.69, 9.17) is 11.6 Å². The van der Waals surface area contributed by atoms with Gasteiger partial charge in [0.15, 0.2) is 0 Å². The fraction of sp³-hybridized carbons (Fsp3) is 0.267. The number of hydrogen-bond acceptors (Lipinski definition) is 4. The highest BCUT2D eigenvalue weighted by Crippen LogP contribution is 2.24. The van der Waals surface area contributed by atoms with Gasteiger partial charge >= 0.3 is 0 Å². The van der Waals surface area contributed by atoms with Crippen LogP contribution in [0.1, 0.15) is 0 Å². The zero-order valence-corrected chi connectivity index (χ0v) is 14.1. The van der Waals surface area contributed by atoms with E-state index in [1.807, 2.05) is 4.90 Å². The van der Waals surface area contributed by atoms with Gasteiger partial charge in [-0.15, -0.1) is 0 Å². The molecule has 0 spiro atoms. The summed E-state index contributed by atoms with van der Waals surface area (Å²) in [5.41, 5.74) is 0.847. The number of sulfonamides is 1. The van der Waals surface area contributed by atoms with Crippen LogP contribution in [0.2, 0.25) is 5.15 Å². The third-order valence-electron chi connectivity index (χ3n) is 3.83. The van der Waals surface area contributed by atoms with Crippen molar-refractivity contribution < 1.29 is 17.2 Å². The van der Waals surface area contributed by atoms with Gasteiger partial charge < -0.3 is 4.90 Å². The summed E-state index contributed by atoms with van der Waals surface area (Å²) in [6.07, 6.45) is 1.58. The van der Waals surface area contributed by atoms with E-state index in [1.54, 1.807) is 18.3 Å². The van der Waals surface area contributed by atoms with Gasteiger partial charge in [-0.05, 0) is 24.3 Å². The van der Waals surface area contributed by atoms with Crippen molar-refractivity contribution in [3.63, 3.8) is 0 Å². The smallest absolute Gasteiger partial charge is 0.246 e. The Labute approximate surface area is 143 Å². The number of rotatable bonds is 3. The van der Waals surface area contributed by atoms with Gasteiger partial charge in [-0.1, -0.05) is 11.6 Å². The van der Waals surface area contributed by atoms with Gasteiger partial charge in [-0.3, -0.25) is 0 Å². The summed E-state index contributed by atoms with van der Waals surface area (Å²) >= 11 is 5.86. The van der Waals surface area contributed by atoms with Crippen LogP contribution in [0.25, 0.3) is 0 Å². The third kappa shape index (κ3) is 3.35. The monoisotopic (exact) mass is 373 g/mol. The van der Waals surface area contributed by atoms with Crippen LogP contribution in [0.15, 0.2) is 41.4 Å². The molecule has 1 aliphatic heterocycles. The van der Waals surface area contributed by atoms with Gasteiger partial charge in [0.2, 0.25) is 10.0 Å². The van der Waals surface area contributed by atoms with E-state index in [0.29, 0.717) is 24.3 Å². The summed E-state index contributed by atoms with van der Waals surface area (Å²) in [5.74, 6) is -1.90. The predicted octanol–water partition coefficient (Wildman–Crippen LogP) is 2.52. The average Bonchev–Trinajstić information content (AvgIpc) is 2.54. The molecule has 9 heteroatoms. The Morgan fingerprint density at radius 2 is 1.75 bits per heavy atom. The molecule has 1 aromatic heterocycles. The summed E-state index contributed by atoms with van der Waals surface area (Å²) in [4.78, 5) is 5.37. The average molecular weight is 374 g/mol. The lowest BCUT2D eigenvalue weighted by molar-refractivity contribution is 0.382. The topological polar surface area (TPSA) is 53.5 Å². The molecule has 0 amide bonds. The molecule has 0 unspecified atom stereocenters. The van der Waals surface area contributed by atoms with Crippen molar-refractivity contribution in [3.05, 3.63) is 53.3 Å². The van der Waals surface area contributed by atoms with Gasteiger partial charge in [-0.2, -0.15) is 4.31 Å². The highest BCUT2D eigenvalue weighted by molar-refractivity contribution is 7.89. The lowest BCUT2D eigenvalue weighted by Crippen LogP contribution is -2.48. The van der Waals surface area contributed by atoms with Crippen LogP contribution in [0.4, 0.5) is 14.5 Å². The second kappa shape index (κ2) is 6.62. The van der Waals surface area contributed by atoms with E-state index in [1.165, 1.54) is 4.31 Å². The van der Waals surface area contributed by atoms with Crippen molar-refractivity contribution in [3.8, 4) is 0 Å². The Bertz CT molecular complexity index is 856.